The van der Waals surface area contributed by atoms with Gasteiger partial charge in [-0.2, -0.15) is 0 Å². The van der Waals surface area contributed by atoms with Gasteiger partial charge in [-0.15, -0.1) is 0 Å². The van der Waals surface area contributed by atoms with Crippen molar-refractivity contribution in [3.05, 3.63) is 0 Å². The third-order valence-electron chi connectivity index (χ3n) is 5.45. The molecule has 6 heteroatoms. The maximum atomic E-state index is 12.1. The summed E-state index contributed by atoms with van der Waals surface area (Å²) in [4.78, 5) is 23.3. The molecule has 0 aliphatic heterocycles. The Morgan fingerprint density at radius 3 is 2.19 bits per heavy atom. The number of rotatable bonds is 14. The maximum absolute atomic E-state index is 12.1. The molecule has 0 aromatic carbocycles. The molecule has 2 N–H and O–H groups in total. The first-order valence-corrected chi connectivity index (χ1v) is 10.1. The molecule has 1 aliphatic carbocycles. The van der Waals surface area contributed by atoms with E-state index in [4.69, 9.17) is 9.47 Å². The Bertz CT molecular complexity index is 415. The van der Waals surface area contributed by atoms with Crippen LogP contribution in [0.4, 0.5) is 0 Å². The highest BCUT2D eigenvalue weighted by atomic mass is 16.5. The number of carboxylic acids is 2. The standard InChI is InChI=1S/C20H36O6/c1-3-5-6-7-8-14-26-17(15-25-13-4-2)20(19(23)24)11-9-16(10-12-20)18(21)22/h16-17H,3-15H2,1-2H3,(H,21,22)(H,23,24). The van der Waals surface area contributed by atoms with Gasteiger partial charge in [0.15, 0.2) is 0 Å². The van der Waals surface area contributed by atoms with Crippen molar-refractivity contribution < 1.29 is 29.3 Å². The van der Waals surface area contributed by atoms with Gasteiger partial charge in [-0.3, -0.25) is 9.59 Å². The van der Waals surface area contributed by atoms with E-state index < -0.39 is 29.4 Å². The number of ether oxygens (including phenoxy) is 2. The quantitative estimate of drug-likeness (QED) is 0.446. The molecule has 1 aliphatic rings. The van der Waals surface area contributed by atoms with Crippen LogP contribution in [0.1, 0.15) is 78.1 Å². The Kier molecular flexibility index (Phi) is 10.8. The molecule has 0 aromatic rings. The van der Waals surface area contributed by atoms with Gasteiger partial charge >= 0.3 is 11.9 Å². The lowest BCUT2D eigenvalue weighted by Gasteiger charge is -2.41. The van der Waals surface area contributed by atoms with E-state index in [-0.39, 0.29) is 6.61 Å². The smallest absolute Gasteiger partial charge is 0.312 e. The number of hydrogen-bond acceptors (Lipinski definition) is 4. The second-order valence-electron chi connectivity index (χ2n) is 7.42. The molecule has 1 fully saturated rings. The summed E-state index contributed by atoms with van der Waals surface area (Å²) >= 11 is 0. The van der Waals surface area contributed by atoms with Crippen LogP contribution in [0.25, 0.3) is 0 Å². The highest BCUT2D eigenvalue weighted by Crippen LogP contribution is 2.43. The summed E-state index contributed by atoms with van der Waals surface area (Å²) in [6.07, 6.45) is 7.32. The summed E-state index contributed by atoms with van der Waals surface area (Å²) in [5.41, 5.74) is -1.04. The van der Waals surface area contributed by atoms with Crippen molar-refractivity contribution in [1.29, 1.82) is 0 Å². The third kappa shape index (κ3) is 6.88. The molecular weight excluding hydrogens is 336 g/mol. The summed E-state index contributed by atoms with van der Waals surface area (Å²) in [5.74, 6) is -2.18. The van der Waals surface area contributed by atoms with Gasteiger partial charge in [0.1, 0.15) is 0 Å². The lowest BCUT2D eigenvalue weighted by atomic mass is 9.67. The Morgan fingerprint density at radius 1 is 1.00 bits per heavy atom. The Morgan fingerprint density at radius 2 is 1.65 bits per heavy atom. The predicted molar refractivity (Wildman–Crippen MR) is 99.3 cm³/mol. The van der Waals surface area contributed by atoms with Gasteiger partial charge in [0.2, 0.25) is 0 Å². The fraction of sp³-hybridized carbons (Fsp3) is 0.900. The van der Waals surface area contributed by atoms with Gasteiger partial charge in [-0.05, 0) is 38.5 Å². The van der Waals surface area contributed by atoms with Crippen LogP contribution in [0.15, 0.2) is 0 Å². The van der Waals surface area contributed by atoms with Crippen LogP contribution >= 0.6 is 0 Å². The van der Waals surface area contributed by atoms with Crippen molar-refractivity contribution in [2.75, 3.05) is 19.8 Å². The molecule has 152 valence electrons. The van der Waals surface area contributed by atoms with Gasteiger partial charge in [0.05, 0.1) is 24.0 Å². The molecule has 0 bridgehead atoms. The van der Waals surface area contributed by atoms with Crippen molar-refractivity contribution >= 4 is 11.9 Å². The lowest BCUT2D eigenvalue weighted by molar-refractivity contribution is -0.173. The van der Waals surface area contributed by atoms with E-state index in [0.717, 1.165) is 19.3 Å². The van der Waals surface area contributed by atoms with Crippen LogP contribution in [0.2, 0.25) is 0 Å². The Labute approximate surface area is 157 Å². The first-order valence-electron chi connectivity index (χ1n) is 10.1. The predicted octanol–water partition coefficient (Wildman–Crippen LogP) is 4.11. The minimum absolute atomic E-state index is 0.257. The van der Waals surface area contributed by atoms with Gasteiger partial charge in [0.25, 0.3) is 0 Å². The summed E-state index contributed by atoms with van der Waals surface area (Å²) in [6, 6.07) is 0. The van der Waals surface area contributed by atoms with Crippen LogP contribution in [0.3, 0.4) is 0 Å². The number of carbonyl (C=O) groups is 2. The highest BCUT2D eigenvalue weighted by molar-refractivity contribution is 5.77. The molecule has 0 saturated heterocycles. The minimum Gasteiger partial charge on any atom is -0.481 e. The maximum Gasteiger partial charge on any atom is 0.312 e. The zero-order valence-corrected chi connectivity index (χ0v) is 16.4. The fourth-order valence-electron chi connectivity index (χ4n) is 3.69. The molecule has 0 radical (unpaired) electrons. The minimum atomic E-state index is -1.04. The molecule has 0 amide bonds. The van der Waals surface area contributed by atoms with E-state index in [1.165, 1.54) is 19.3 Å². The SMILES string of the molecule is CCCCCCCOC(COCCC)C1(C(=O)O)CCC(C(=O)O)CC1. The van der Waals surface area contributed by atoms with Gasteiger partial charge in [0, 0.05) is 13.2 Å². The van der Waals surface area contributed by atoms with E-state index in [9.17, 15) is 19.8 Å². The van der Waals surface area contributed by atoms with Gasteiger partial charge in [-0.1, -0.05) is 39.5 Å². The Balaban J connectivity index is 2.70. The van der Waals surface area contributed by atoms with Crippen LogP contribution < -0.4 is 0 Å². The van der Waals surface area contributed by atoms with Crippen LogP contribution in [0, 0.1) is 11.3 Å². The van der Waals surface area contributed by atoms with E-state index in [2.05, 4.69) is 6.92 Å². The van der Waals surface area contributed by atoms with Crippen LogP contribution in [-0.2, 0) is 19.1 Å². The van der Waals surface area contributed by atoms with Crippen molar-refractivity contribution in [3.8, 4) is 0 Å². The first kappa shape index (κ1) is 22.9. The molecule has 0 spiro atoms. The average molecular weight is 373 g/mol. The normalized spacial score (nSPS) is 24.3. The molecular formula is C20H36O6. The largest absolute Gasteiger partial charge is 0.481 e. The van der Waals surface area contributed by atoms with Crippen LogP contribution in [0.5, 0.6) is 0 Å². The monoisotopic (exact) mass is 372 g/mol. The summed E-state index contributed by atoms with van der Waals surface area (Å²) in [5, 5.41) is 19.1. The van der Waals surface area contributed by atoms with Crippen molar-refractivity contribution in [3.63, 3.8) is 0 Å². The number of unbranched alkanes of at least 4 members (excludes halogenated alkanes) is 4. The molecule has 1 unspecified atom stereocenters. The number of carboxylic acid groups (broad SMARTS) is 2. The second-order valence-corrected chi connectivity index (χ2v) is 7.42. The molecule has 6 nitrogen and oxygen atoms in total. The Hall–Kier alpha value is -1.14. The molecule has 0 aromatic heterocycles. The summed E-state index contributed by atoms with van der Waals surface area (Å²) < 4.78 is 11.7. The van der Waals surface area contributed by atoms with Gasteiger partial charge in [-0.25, -0.2) is 0 Å². The average Bonchev–Trinajstić information content (AvgIpc) is 2.63. The lowest BCUT2D eigenvalue weighted by Crippen LogP contribution is -2.49. The van der Waals surface area contributed by atoms with E-state index >= 15 is 0 Å². The zero-order valence-electron chi connectivity index (χ0n) is 16.4. The summed E-state index contributed by atoms with van der Waals surface area (Å²) in [7, 11) is 0. The van der Waals surface area contributed by atoms with Crippen molar-refractivity contribution in [1.82, 2.24) is 0 Å². The van der Waals surface area contributed by atoms with Crippen LogP contribution in [-0.4, -0.2) is 48.1 Å². The summed E-state index contributed by atoms with van der Waals surface area (Å²) in [6.45, 7) is 5.54. The van der Waals surface area contributed by atoms with E-state index in [0.29, 0.717) is 38.9 Å². The molecule has 26 heavy (non-hydrogen) atoms. The molecule has 0 heterocycles. The number of hydrogen-bond donors (Lipinski definition) is 2. The van der Waals surface area contributed by atoms with Gasteiger partial charge < -0.3 is 19.7 Å². The van der Waals surface area contributed by atoms with Crippen molar-refractivity contribution in [2.24, 2.45) is 11.3 Å². The fourth-order valence-corrected chi connectivity index (χ4v) is 3.69. The van der Waals surface area contributed by atoms with E-state index in [1.54, 1.807) is 0 Å². The topological polar surface area (TPSA) is 93.1 Å². The second kappa shape index (κ2) is 12.3. The first-order chi connectivity index (χ1) is 12.5. The zero-order chi connectivity index (χ0) is 19.4. The molecule has 1 rings (SSSR count). The molecule has 1 saturated carbocycles. The molecule has 1 atom stereocenters. The van der Waals surface area contributed by atoms with E-state index in [1.807, 2.05) is 6.92 Å². The highest BCUT2D eigenvalue weighted by Gasteiger charge is 2.50. The van der Waals surface area contributed by atoms with Crippen molar-refractivity contribution in [2.45, 2.75) is 84.2 Å². The third-order valence-corrected chi connectivity index (χ3v) is 5.45. The number of aliphatic carboxylic acids is 2.